The highest BCUT2D eigenvalue weighted by Crippen LogP contribution is 2.10. The SMILES string of the molecule is COCc1cccc(C(=O)N2CCNCC2)c1.Cl. The Morgan fingerprint density at radius 2 is 2.11 bits per heavy atom. The number of nitrogens with zero attached hydrogens (tertiary/aromatic N) is 1. The maximum absolute atomic E-state index is 12.2. The molecule has 4 nitrogen and oxygen atoms in total. The van der Waals surface area contributed by atoms with Gasteiger partial charge in [-0.3, -0.25) is 4.79 Å². The van der Waals surface area contributed by atoms with Gasteiger partial charge in [0.1, 0.15) is 0 Å². The van der Waals surface area contributed by atoms with Crippen LogP contribution in [0.5, 0.6) is 0 Å². The van der Waals surface area contributed by atoms with Gasteiger partial charge in [0.2, 0.25) is 0 Å². The van der Waals surface area contributed by atoms with Gasteiger partial charge in [0, 0.05) is 38.9 Å². The number of benzene rings is 1. The summed E-state index contributed by atoms with van der Waals surface area (Å²) in [6.45, 7) is 3.87. The van der Waals surface area contributed by atoms with Crippen LogP contribution in [0.25, 0.3) is 0 Å². The molecule has 0 radical (unpaired) electrons. The summed E-state index contributed by atoms with van der Waals surface area (Å²) in [6.07, 6.45) is 0. The van der Waals surface area contributed by atoms with Crippen molar-refractivity contribution < 1.29 is 9.53 Å². The van der Waals surface area contributed by atoms with E-state index in [1.165, 1.54) is 0 Å². The Labute approximate surface area is 114 Å². The number of nitrogens with one attached hydrogen (secondary N) is 1. The fourth-order valence-corrected chi connectivity index (χ4v) is 2.01. The number of amides is 1. The van der Waals surface area contributed by atoms with Crippen molar-refractivity contribution in [2.45, 2.75) is 6.61 Å². The van der Waals surface area contributed by atoms with Gasteiger partial charge in [0.05, 0.1) is 6.61 Å². The third kappa shape index (κ3) is 3.70. The summed E-state index contributed by atoms with van der Waals surface area (Å²) < 4.78 is 5.07. The Hall–Kier alpha value is -1.10. The van der Waals surface area contributed by atoms with Gasteiger partial charge in [-0.15, -0.1) is 12.4 Å². The number of piperazine rings is 1. The molecule has 0 atom stereocenters. The highest BCUT2D eigenvalue weighted by molar-refractivity contribution is 5.94. The van der Waals surface area contributed by atoms with Gasteiger partial charge < -0.3 is 15.0 Å². The van der Waals surface area contributed by atoms with E-state index in [0.717, 1.165) is 37.3 Å². The van der Waals surface area contributed by atoms with Crippen LogP contribution in [0.3, 0.4) is 0 Å². The van der Waals surface area contributed by atoms with Crippen molar-refractivity contribution in [2.75, 3.05) is 33.3 Å². The Kier molecular flexibility index (Phi) is 6.12. The Morgan fingerprint density at radius 1 is 1.39 bits per heavy atom. The summed E-state index contributed by atoms with van der Waals surface area (Å²) in [5, 5.41) is 3.24. The fraction of sp³-hybridized carbons (Fsp3) is 0.462. The van der Waals surface area contributed by atoms with Crippen LogP contribution in [0.15, 0.2) is 24.3 Å². The first kappa shape index (κ1) is 15.0. The average molecular weight is 271 g/mol. The molecule has 2 rings (SSSR count). The van der Waals surface area contributed by atoms with Crippen LogP contribution in [0.2, 0.25) is 0 Å². The van der Waals surface area contributed by atoms with E-state index < -0.39 is 0 Å². The monoisotopic (exact) mass is 270 g/mol. The lowest BCUT2D eigenvalue weighted by Crippen LogP contribution is -2.46. The van der Waals surface area contributed by atoms with Crippen LogP contribution in [0, 0.1) is 0 Å². The Morgan fingerprint density at radius 3 is 2.78 bits per heavy atom. The largest absolute Gasteiger partial charge is 0.380 e. The molecule has 1 heterocycles. The number of methoxy groups -OCH3 is 1. The van der Waals surface area contributed by atoms with Gasteiger partial charge in [-0.1, -0.05) is 12.1 Å². The minimum atomic E-state index is 0. The van der Waals surface area contributed by atoms with Crippen LogP contribution in [0.4, 0.5) is 0 Å². The highest BCUT2D eigenvalue weighted by Gasteiger charge is 2.17. The van der Waals surface area contributed by atoms with Crippen molar-refractivity contribution in [3.63, 3.8) is 0 Å². The maximum atomic E-state index is 12.2. The second-order valence-electron chi connectivity index (χ2n) is 4.18. The molecule has 0 aromatic heterocycles. The summed E-state index contributed by atoms with van der Waals surface area (Å²) in [6, 6.07) is 7.65. The average Bonchev–Trinajstić information content (AvgIpc) is 2.40. The lowest BCUT2D eigenvalue weighted by atomic mass is 10.1. The van der Waals surface area contributed by atoms with Crippen molar-refractivity contribution >= 4 is 18.3 Å². The molecule has 1 N–H and O–H groups in total. The molecular formula is C13H19ClN2O2. The number of hydrogen-bond acceptors (Lipinski definition) is 3. The Bertz CT molecular complexity index is 392. The Balaban J connectivity index is 0.00000162. The third-order valence-electron chi connectivity index (χ3n) is 2.89. The van der Waals surface area contributed by atoms with Gasteiger partial charge in [0.25, 0.3) is 5.91 Å². The van der Waals surface area contributed by atoms with E-state index in [1.807, 2.05) is 29.2 Å². The first-order valence-corrected chi connectivity index (χ1v) is 5.89. The molecule has 1 saturated heterocycles. The van der Waals surface area contributed by atoms with Crippen molar-refractivity contribution in [1.29, 1.82) is 0 Å². The first-order chi connectivity index (χ1) is 8.31. The molecule has 1 amide bonds. The minimum absolute atomic E-state index is 0. The third-order valence-corrected chi connectivity index (χ3v) is 2.89. The lowest BCUT2D eigenvalue weighted by molar-refractivity contribution is 0.0735. The zero-order valence-corrected chi connectivity index (χ0v) is 11.3. The number of carbonyl (C=O) groups excluding carboxylic acids is 1. The zero-order chi connectivity index (χ0) is 12.1. The van der Waals surface area contributed by atoms with Crippen LogP contribution < -0.4 is 5.32 Å². The molecule has 1 aromatic rings. The molecule has 18 heavy (non-hydrogen) atoms. The number of ether oxygens (including phenoxy) is 1. The predicted molar refractivity (Wildman–Crippen MR) is 73.2 cm³/mol. The summed E-state index contributed by atoms with van der Waals surface area (Å²) in [5.41, 5.74) is 1.79. The summed E-state index contributed by atoms with van der Waals surface area (Å²) in [4.78, 5) is 14.1. The van der Waals surface area contributed by atoms with E-state index in [0.29, 0.717) is 6.61 Å². The summed E-state index contributed by atoms with van der Waals surface area (Å²) in [7, 11) is 1.66. The molecule has 0 saturated carbocycles. The van der Waals surface area contributed by atoms with Crippen LogP contribution in [0.1, 0.15) is 15.9 Å². The molecule has 100 valence electrons. The molecule has 5 heteroatoms. The topological polar surface area (TPSA) is 41.6 Å². The van der Waals surface area contributed by atoms with Crippen LogP contribution >= 0.6 is 12.4 Å². The normalized spacial score (nSPS) is 15.1. The second kappa shape index (κ2) is 7.36. The molecule has 0 aliphatic carbocycles. The quantitative estimate of drug-likeness (QED) is 0.900. The molecule has 1 fully saturated rings. The van der Waals surface area contributed by atoms with Gasteiger partial charge in [0.15, 0.2) is 0 Å². The lowest BCUT2D eigenvalue weighted by Gasteiger charge is -2.27. The summed E-state index contributed by atoms with van der Waals surface area (Å²) in [5.74, 6) is 0.115. The van der Waals surface area contributed by atoms with Crippen molar-refractivity contribution in [3.05, 3.63) is 35.4 Å². The van der Waals surface area contributed by atoms with E-state index in [-0.39, 0.29) is 18.3 Å². The molecule has 1 aliphatic rings. The van der Waals surface area contributed by atoms with Gasteiger partial charge in [-0.2, -0.15) is 0 Å². The first-order valence-electron chi connectivity index (χ1n) is 5.89. The smallest absolute Gasteiger partial charge is 0.253 e. The molecule has 0 bridgehead atoms. The van der Waals surface area contributed by atoms with E-state index >= 15 is 0 Å². The number of halogens is 1. The van der Waals surface area contributed by atoms with Crippen LogP contribution in [-0.4, -0.2) is 44.1 Å². The molecule has 0 spiro atoms. The van der Waals surface area contributed by atoms with E-state index in [1.54, 1.807) is 7.11 Å². The molecule has 0 unspecified atom stereocenters. The number of rotatable bonds is 3. The zero-order valence-electron chi connectivity index (χ0n) is 10.5. The number of carbonyl (C=O) groups is 1. The fourth-order valence-electron chi connectivity index (χ4n) is 2.01. The van der Waals surface area contributed by atoms with E-state index in [2.05, 4.69) is 5.32 Å². The van der Waals surface area contributed by atoms with Crippen LogP contribution in [-0.2, 0) is 11.3 Å². The van der Waals surface area contributed by atoms with Crippen molar-refractivity contribution in [2.24, 2.45) is 0 Å². The predicted octanol–water partition coefficient (Wildman–Crippen LogP) is 1.30. The highest BCUT2D eigenvalue weighted by atomic mass is 35.5. The second-order valence-corrected chi connectivity index (χ2v) is 4.18. The van der Waals surface area contributed by atoms with Crippen molar-refractivity contribution in [3.8, 4) is 0 Å². The molecular weight excluding hydrogens is 252 g/mol. The standard InChI is InChI=1S/C13H18N2O2.ClH/c1-17-10-11-3-2-4-12(9-11)13(16)15-7-5-14-6-8-15;/h2-4,9,14H,5-8,10H2,1H3;1H. The maximum Gasteiger partial charge on any atom is 0.253 e. The van der Waals surface area contributed by atoms with Gasteiger partial charge in [-0.25, -0.2) is 0 Å². The van der Waals surface area contributed by atoms with E-state index in [4.69, 9.17) is 4.74 Å². The number of hydrogen-bond donors (Lipinski definition) is 1. The van der Waals surface area contributed by atoms with Gasteiger partial charge in [-0.05, 0) is 17.7 Å². The van der Waals surface area contributed by atoms with Gasteiger partial charge >= 0.3 is 0 Å². The minimum Gasteiger partial charge on any atom is -0.380 e. The molecule has 1 aromatic carbocycles. The summed E-state index contributed by atoms with van der Waals surface area (Å²) >= 11 is 0. The van der Waals surface area contributed by atoms with E-state index in [9.17, 15) is 4.79 Å². The molecule has 1 aliphatic heterocycles. The van der Waals surface area contributed by atoms with Crippen molar-refractivity contribution in [1.82, 2.24) is 10.2 Å².